The fourth-order valence-corrected chi connectivity index (χ4v) is 4.89. The van der Waals surface area contributed by atoms with E-state index in [1.165, 1.54) is 25.7 Å². The Bertz CT molecular complexity index is 48.9. The first-order chi connectivity index (χ1) is 6.41. The van der Waals surface area contributed by atoms with Gasteiger partial charge in [0.05, 0.1) is 0 Å². The van der Waals surface area contributed by atoms with E-state index in [1.807, 2.05) is 0 Å². The zero-order chi connectivity index (χ0) is 10.9. The minimum atomic E-state index is 0. The van der Waals surface area contributed by atoms with Crippen molar-refractivity contribution in [2.45, 2.75) is 62.3 Å². The van der Waals surface area contributed by atoms with Crippen LogP contribution in [-0.4, -0.2) is 21.1 Å². The monoisotopic (exact) mass is 372 g/mol. The van der Waals surface area contributed by atoms with Gasteiger partial charge in [-0.25, -0.2) is 0 Å². The molecule has 0 saturated carbocycles. The van der Waals surface area contributed by atoms with Crippen molar-refractivity contribution in [2.24, 2.45) is 0 Å². The van der Waals surface area contributed by atoms with E-state index in [1.54, 1.807) is 22.7 Å². The van der Waals surface area contributed by atoms with Crippen LogP contribution in [0.2, 0.25) is 8.87 Å². The predicted molar refractivity (Wildman–Crippen MR) is 67.9 cm³/mol. The molecular weight excluding hydrogens is 344 g/mol. The van der Waals surface area contributed by atoms with Gasteiger partial charge in [-0.2, -0.15) is 13.8 Å². The maximum Gasteiger partial charge on any atom is 2.00 e. The molecule has 0 aromatic carbocycles. The van der Waals surface area contributed by atoms with Crippen LogP contribution >= 0.6 is 0 Å². The van der Waals surface area contributed by atoms with Crippen molar-refractivity contribution in [1.82, 2.24) is 0 Å². The van der Waals surface area contributed by atoms with Crippen LogP contribution < -0.4 is 0 Å². The first-order valence-corrected chi connectivity index (χ1v) is 9.57. The molecule has 0 aromatic heterocycles. The molecule has 0 rings (SSSR count). The van der Waals surface area contributed by atoms with E-state index in [9.17, 15) is 0 Å². The van der Waals surface area contributed by atoms with Crippen LogP contribution in [0.4, 0.5) is 0 Å². The number of hydrogen-bond acceptors (Lipinski definition) is 0. The van der Waals surface area contributed by atoms with Crippen LogP contribution in [0.5, 0.6) is 0 Å². The Labute approximate surface area is 121 Å². The fraction of sp³-hybridized carbons (Fsp3) is 0.833. The summed E-state index contributed by atoms with van der Waals surface area (Å²) in [4.78, 5) is 0. The second kappa shape index (κ2) is 45.3. The molecule has 0 atom stereocenters. The molecule has 0 N–H and O–H groups in total. The predicted octanol–water partition coefficient (Wildman–Crippen LogP) is 4.69. The maximum absolute atomic E-state index is 3.25. The number of rotatable bonds is 6. The van der Waals surface area contributed by atoms with Crippen molar-refractivity contribution in [3.05, 3.63) is 13.8 Å². The van der Waals surface area contributed by atoms with Gasteiger partial charge in [-0.05, 0) is 0 Å². The van der Waals surface area contributed by atoms with E-state index >= 15 is 0 Å². The SMILES string of the molecule is CCC[CH2][Sn+2][CH2]CCC.[CH2-]C.[CH2-]C.[O-2].[Zn+2]. The van der Waals surface area contributed by atoms with Gasteiger partial charge >= 0.3 is 89.0 Å². The van der Waals surface area contributed by atoms with Crippen molar-refractivity contribution < 1.29 is 25.0 Å². The Morgan fingerprint density at radius 2 is 1.07 bits per heavy atom. The normalized spacial score (nSPS) is 6.27. The summed E-state index contributed by atoms with van der Waals surface area (Å²) >= 11 is 0.149. The molecule has 0 amide bonds. The Balaban J connectivity index is -0.0000000496. The smallest absolute Gasteiger partial charge is 2.00 e. The van der Waals surface area contributed by atoms with Gasteiger partial charge in [-0.15, -0.1) is 0 Å². The summed E-state index contributed by atoms with van der Waals surface area (Å²) in [5.41, 5.74) is 0. The maximum atomic E-state index is 3.25. The number of hydrogen-bond donors (Lipinski definition) is 0. The zero-order valence-electron chi connectivity index (χ0n) is 11.3. The molecule has 0 aliphatic carbocycles. The van der Waals surface area contributed by atoms with Crippen molar-refractivity contribution in [3.8, 4) is 0 Å². The molecule has 3 heteroatoms. The molecule has 0 unspecified atom stereocenters. The summed E-state index contributed by atoms with van der Waals surface area (Å²) in [5.74, 6) is 0. The first-order valence-electron chi connectivity index (χ1n) is 5.54. The van der Waals surface area contributed by atoms with E-state index in [2.05, 4.69) is 27.7 Å². The summed E-state index contributed by atoms with van der Waals surface area (Å²) < 4.78 is 3.25. The summed E-state index contributed by atoms with van der Waals surface area (Å²) in [6.45, 7) is 14.6. The van der Waals surface area contributed by atoms with Gasteiger partial charge in [0.2, 0.25) is 0 Å². The van der Waals surface area contributed by atoms with Crippen LogP contribution in [0.25, 0.3) is 0 Å². The largest absolute Gasteiger partial charge is 2.00 e. The van der Waals surface area contributed by atoms with Gasteiger partial charge in [0, 0.05) is 0 Å². The molecule has 15 heavy (non-hydrogen) atoms. The molecule has 0 aliphatic heterocycles. The van der Waals surface area contributed by atoms with Gasteiger partial charge in [0.15, 0.2) is 0 Å². The topological polar surface area (TPSA) is 28.5 Å². The molecule has 0 saturated heterocycles. The summed E-state index contributed by atoms with van der Waals surface area (Å²) in [6.07, 6.45) is 5.84. The van der Waals surface area contributed by atoms with E-state index < -0.39 is 0 Å². The van der Waals surface area contributed by atoms with Crippen LogP contribution in [0.3, 0.4) is 0 Å². The second-order valence-corrected chi connectivity index (χ2v) is 6.74. The molecule has 0 bridgehead atoms. The Morgan fingerprint density at radius 3 is 1.27 bits per heavy atom. The van der Waals surface area contributed by atoms with Gasteiger partial charge in [-0.1, -0.05) is 0 Å². The molecule has 1 nitrogen and oxygen atoms in total. The fourth-order valence-electron chi connectivity index (χ4n) is 0.729. The third-order valence-corrected chi connectivity index (χ3v) is 5.45. The van der Waals surface area contributed by atoms with Gasteiger partial charge in [0.1, 0.15) is 0 Å². The third kappa shape index (κ3) is 50.5. The quantitative estimate of drug-likeness (QED) is 0.368. The minimum Gasteiger partial charge on any atom is -2.00 e. The van der Waals surface area contributed by atoms with Gasteiger partial charge in [0.25, 0.3) is 0 Å². The molecule has 0 aliphatic rings. The zero-order valence-corrected chi connectivity index (χ0v) is 17.1. The van der Waals surface area contributed by atoms with E-state index in [4.69, 9.17) is 0 Å². The summed E-state index contributed by atoms with van der Waals surface area (Å²) in [7, 11) is 0. The Morgan fingerprint density at radius 1 is 0.800 bits per heavy atom. The van der Waals surface area contributed by atoms with Crippen LogP contribution in [-0.2, 0) is 25.0 Å². The molecule has 0 spiro atoms. The first kappa shape index (κ1) is 29.9. The van der Waals surface area contributed by atoms with Crippen molar-refractivity contribution in [2.75, 3.05) is 0 Å². The third-order valence-electron chi connectivity index (χ3n) is 1.41. The average Bonchev–Trinajstić information content (AvgIpc) is 2.24. The van der Waals surface area contributed by atoms with Crippen molar-refractivity contribution in [3.63, 3.8) is 0 Å². The minimum absolute atomic E-state index is 0. The molecule has 0 heterocycles. The summed E-state index contributed by atoms with van der Waals surface area (Å²) in [5, 5.41) is 0. The Hall–Kier alpha value is 1.38. The van der Waals surface area contributed by atoms with E-state index in [0.29, 0.717) is 0 Å². The van der Waals surface area contributed by atoms with Crippen molar-refractivity contribution >= 4 is 21.1 Å². The van der Waals surface area contributed by atoms with Crippen LogP contribution in [0.1, 0.15) is 53.4 Å². The Kier molecular flexibility index (Phi) is 90.3. The summed E-state index contributed by atoms with van der Waals surface area (Å²) in [6, 6.07) is 0. The van der Waals surface area contributed by atoms with Gasteiger partial charge < -0.3 is 19.3 Å². The second-order valence-electron chi connectivity index (χ2n) is 2.46. The molecule has 88 valence electrons. The van der Waals surface area contributed by atoms with Crippen LogP contribution in [0, 0.1) is 13.8 Å². The standard InChI is InChI=1S/2C4H9.2C2H5.O.Sn.Zn/c2*1-3-4-2;2*1-2;;;/h2*1,3-4H2,2H3;2*1H2,2H3;;;/q;;2*-1;-2;2*+2. The molecule has 0 aromatic rings. The van der Waals surface area contributed by atoms with E-state index in [-0.39, 0.29) is 46.1 Å². The van der Waals surface area contributed by atoms with Crippen molar-refractivity contribution in [1.29, 1.82) is 0 Å². The van der Waals surface area contributed by atoms with E-state index in [0.717, 1.165) is 0 Å². The number of unbranched alkanes of at least 4 members (excludes halogenated alkanes) is 2. The molecule has 0 fully saturated rings. The molecular formula is C12H28OSnZn. The molecule has 0 radical (unpaired) electrons. The van der Waals surface area contributed by atoms with Crippen LogP contribution in [0.15, 0.2) is 0 Å². The van der Waals surface area contributed by atoms with Gasteiger partial charge in [-0.3, -0.25) is 0 Å². The average molecular weight is 372 g/mol.